The number of aliphatic hydroxyl groups excluding tert-OH is 1. The maximum atomic E-state index is 12.7. The molecule has 0 aliphatic carbocycles. The van der Waals surface area contributed by atoms with E-state index in [1.165, 1.54) is 0 Å². The lowest BCUT2D eigenvalue weighted by Crippen LogP contribution is -2.39. The second-order valence-corrected chi connectivity index (χ2v) is 5.66. The molecule has 1 aliphatic rings. The van der Waals surface area contributed by atoms with Gasteiger partial charge in [0.1, 0.15) is 5.69 Å². The van der Waals surface area contributed by atoms with Gasteiger partial charge in [0.05, 0.1) is 7.11 Å². The molecule has 22 heavy (non-hydrogen) atoms. The number of aromatic nitrogens is 1. The van der Waals surface area contributed by atoms with E-state index in [0.717, 1.165) is 23.6 Å². The SMILES string of the molecule is COc1nc(C(=O)N2CCC(CO)CC2)cc2ccccc12. The summed E-state index contributed by atoms with van der Waals surface area (Å²) in [6, 6.07) is 9.56. The van der Waals surface area contributed by atoms with Gasteiger partial charge in [0, 0.05) is 25.1 Å². The predicted octanol–water partition coefficient (Wildman–Crippen LogP) is 2.09. The number of amides is 1. The Morgan fingerprint density at radius 3 is 2.77 bits per heavy atom. The molecule has 1 fully saturated rings. The van der Waals surface area contributed by atoms with E-state index >= 15 is 0 Å². The van der Waals surface area contributed by atoms with E-state index in [1.807, 2.05) is 35.2 Å². The van der Waals surface area contributed by atoms with E-state index in [2.05, 4.69) is 4.98 Å². The number of piperidine rings is 1. The average Bonchev–Trinajstić information content (AvgIpc) is 2.60. The lowest BCUT2D eigenvalue weighted by Gasteiger charge is -2.31. The van der Waals surface area contributed by atoms with Gasteiger partial charge in [0.25, 0.3) is 5.91 Å². The minimum absolute atomic E-state index is 0.0690. The van der Waals surface area contributed by atoms with E-state index in [1.54, 1.807) is 7.11 Å². The fourth-order valence-electron chi connectivity index (χ4n) is 2.91. The number of pyridine rings is 1. The van der Waals surface area contributed by atoms with Crippen LogP contribution in [0.3, 0.4) is 0 Å². The summed E-state index contributed by atoms with van der Waals surface area (Å²) in [5, 5.41) is 11.0. The lowest BCUT2D eigenvalue weighted by molar-refractivity contribution is 0.0644. The van der Waals surface area contributed by atoms with Gasteiger partial charge < -0.3 is 14.7 Å². The number of fused-ring (bicyclic) bond motifs is 1. The molecular formula is C17H20N2O3. The molecular weight excluding hydrogens is 280 g/mol. The van der Waals surface area contributed by atoms with Crippen LogP contribution in [0.15, 0.2) is 30.3 Å². The molecule has 5 heteroatoms. The first kappa shape index (κ1) is 14.8. The first-order valence-corrected chi connectivity index (χ1v) is 7.57. The van der Waals surface area contributed by atoms with Crippen molar-refractivity contribution < 1.29 is 14.6 Å². The quantitative estimate of drug-likeness (QED) is 0.943. The van der Waals surface area contributed by atoms with Gasteiger partial charge in [-0.25, -0.2) is 4.98 Å². The van der Waals surface area contributed by atoms with Gasteiger partial charge in [-0.05, 0) is 36.3 Å². The first-order valence-electron chi connectivity index (χ1n) is 7.57. The maximum absolute atomic E-state index is 12.7. The summed E-state index contributed by atoms with van der Waals surface area (Å²) < 4.78 is 5.33. The molecule has 0 spiro atoms. The summed E-state index contributed by atoms with van der Waals surface area (Å²) >= 11 is 0. The molecule has 0 bridgehead atoms. The molecule has 3 rings (SSSR count). The molecule has 0 atom stereocenters. The Morgan fingerprint density at radius 2 is 2.09 bits per heavy atom. The second-order valence-electron chi connectivity index (χ2n) is 5.66. The molecule has 1 aliphatic heterocycles. The molecule has 1 aromatic heterocycles. The standard InChI is InChI=1S/C17H20N2O3/c1-22-16-14-5-3-2-4-13(14)10-15(18-16)17(21)19-8-6-12(11-20)7-9-19/h2-5,10,12,20H,6-9,11H2,1H3. The second kappa shape index (κ2) is 6.32. The van der Waals surface area contributed by atoms with Crippen molar-refractivity contribution >= 4 is 16.7 Å². The van der Waals surface area contributed by atoms with Crippen molar-refractivity contribution in [2.24, 2.45) is 5.92 Å². The van der Waals surface area contributed by atoms with Crippen molar-refractivity contribution in [1.29, 1.82) is 0 Å². The van der Waals surface area contributed by atoms with E-state index < -0.39 is 0 Å². The van der Waals surface area contributed by atoms with Crippen LogP contribution in [0.5, 0.6) is 5.88 Å². The highest BCUT2D eigenvalue weighted by molar-refractivity contribution is 5.98. The van der Waals surface area contributed by atoms with Gasteiger partial charge in [0.15, 0.2) is 0 Å². The summed E-state index contributed by atoms with van der Waals surface area (Å²) in [5.74, 6) is 0.718. The molecule has 0 saturated carbocycles. The number of hydrogen-bond donors (Lipinski definition) is 1. The van der Waals surface area contributed by atoms with Crippen molar-refractivity contribution in [2.75, 3.05) is 26.8 Å². The predicted molar refractivity (Wildman–Crippen MR) is 84.0 cm³/mol. The lowest BCUT2D eigenvalue weighted by atomic mass is 9.97. The van der Waals surface area contributed by atoms with Crippen LogP contribution < -0.4 is 4.74 Å². The minimum atomic E-state index is -0.0690. The zero-order chi connectivity index (χ0) is 15.5. The van der Waals surface area contributed by atoms with Crippen LogP contribution in [0.2, 0.25) is 0 Å². The molecule has 2 aromatic rings. The third-order valence-corrected chi connectivity index (χ3v) is 4.28. The zero-order valence-corrected chi connectivity index (χ0v) is 12.7. The van der Waals surface area contributed by atoms with Gasteiger partial charge in [0.2, 0.25) is 5.88 Å². The van der Waals surface area contributed by atoms with E-state index in [4.69, 9.17) is 4.74 Å². The van der Waals surface area contributed by atoms with Crippen LogP contribution in [0.25, 0.3) is 10.8 Å². The Morgan fingerprint density at radius 1 is 1.36 bits per heavy atom. The van der Waals surface area contributed by atoms with Crippen LogP contribution in [0.1, 0.15) is 23.3 Å². The van der Waals surface area contributed by atoms with Crippen molar-refractivity contribution in [1.82, 2.24) is 9.88 Å². The number of carbonyl (C=O) groups is 1. The highest BCUT2D eigenvalue weighted by Gasteiger charge is 2.24. The maximum Gasteiger partial charge on any atom is 0.272 e. The molecule has 1 amide bonds. The molecule has 2 heterocycles. The molecule has 5 nitrogen and oxygen atoms in total. The minimum Gasteiger partial charge on any atom is -0.481 e. The number of rotatable bonds is 3. The number of methoxy groups -OCH3 is 1. The molecule has 0 radical (unpaired) electrons. The first-order chi connectivity index (χ1) is 10.7. The molecule has 1 N–H and O–H groups in total. The van der Waals surface area contributed by atoms with Gasteiger partial charge in [-0.1, -0.05) is 18.2 Å². The molecule has 0 unspecified atom stereocenters. The number of likely N-dealkylation sites (tertiary alicyclic amines) is 1. The molecule has 1 saturated heterocycles. The van der Waals surface area contributed by atoms with E-state index in [-0.39, 0.29) is 12.5 Å². The monoisotopic (exact) mass is 300 g/mol. The van der Waals surface area contributed by atoms with E-state index in [0.29, 0.717) is 30.6 Å². The van der Waals surface area contributed by atoms with Gasteiger partial charge >= 0.3 is 0 Å². The average molecular weight is 300 g/mol. The summed E-state index contributed by atoms with van der Waals surface area (Å²) in [6.45, 7) is 1.53. The third-order valence-electron chi connectivity index (χ3n) is 4.28. The zero-order valence-electron chi connectivity index (χ0n) is 12.7. The summed E-state index contributed by atoms with van der Waals surface area (Å²) in [5.41, 5.74) is 0.415. The highest BCUT2D eigenvalue weighted by Crippen LogP contribution is 2.25. The Kier molecular flexibility index (Phi) is 4.24. The van der Waals surface area contributed by atoms with Crippen LogP contribution in [0.4, 0.5) is 0 Å². The number of ether oxygens (including phenoxy) is 1. The van der Waals surface area contributed by atoms with Crippen LogP contribution in [-0.4, -0.2) is 47.7 Å². The topological polar surface area (TPSA) is 62.7 Å². The number of hydrogen-bond acceptors (Lipinski definition) is 4. The third kappa shape index (κ3) is 2.76. The van der Waals surface area contributed by atoms with Crippen molar-refractivity contribution in [3.8, 4) is 5.88 Å². The van der Waals surface area contributed by atoms with Crippen LogP contribution in [0, 0.1) is 5.92 Å². The fourth-order valence-corrected chi connectivity index (χ4v) is 2.91. The van der Waals surface area contributed by atoms with Crippen molar-refractivity contribution in [2.45, 2.75) is 12.8 Å². The summed E-state index contributed by atoms with van der Waals surface area (Å²) in [4.78, 5) is 18.8. The summed E-state index contributed by atoms with van der Waals surface area (Å²) in [6.07, 6.45) is 1.68. The van der Waals surface area contributed by atoms with Crippen molar-refractivity contribution in [3.63, 3.8) is 0 Å². The van der Waals surface area contributed by atoms with Gasteiger partial charge in [-0.15, -0.1) is 0 Å². The summed E-state index contributed by atoms with van der Waals surface area (Å²) in [7, 11) is 1.57. The Labute approximate surface area is 129 Å². The number of carbonyl (C=O) groups excluding carboxylic acids is 1. The number of aliphatic hydroxyl groups is 1. The Hall–Kier alpha value is -2.14. The van der Waals surface area contributed by atoms with Crippen LogP contribution in [-0.2, 0) is 0 Å². The van der Waals surface area contributed by atoms with Gasteiger partial charge in [-0.2, -0.15) is 0 Å². The smallest absolute Gasteiger partial charge is 0.272 e. The molecule has 116 valence electrons. The fraction of sp³-hybridized carbons (Fsp3) is 0.412. The number of nitrogens with zero attached hydrogens (tertiary/aromatic N) is 2. The van der Waals surface area contributed by atoms with Crippen molar-refractivity contribution in [3.05, 3.63) is 36.0 Å². The van der Waals surface area contributed by atoms with Gasteiger partial charge in [-0.3, -0.25) is 4.79 Å². The molecule has 1 aromatic carbocycles. The Bertz CT molecular complexity index is 679. The van der Waals surface area contributed by atoms with E-state index in [9.17, 15) is 9.90 Å². The number of benzene rings is 1. The highest BCUT2D eigenvalue weighted by atomic mass is 16.5. The van der Waals surface area contributed by atoms with Crippen LogP contribution >= 0.6 is 0 Å². The normalized spacial score (nSPS) is 16.0. The largest absolute Gasteiger partial charge is 0.481 e. The Balaban J connectivity index is 1.88.